The molecular formula is C17H15BF4N2O4. The molecule has 0 aliphatic rings. The molecule has 6 nitrogen and oxygen atoms in total. The van der Waals surface area contributed by atoms with Gasteiger partial charge in [-0.3, -0.25) is 9.59 Å². The van der Waals surface area contributed by atoms with E-state index in [2.05, 4.69) is 5.32 Å². The maximum Gasteiger partial charge on any atom is 0.472 e. The van der Waals surface area contributed by atoms with Gasteiger partial charge in [0.05, 0.1) is 12.0 Å². The van der Waals surface area contributed by atoms with E-state index in [1.807, 2.05) is 0 Å². The molecule has 2 rings (SSSR count). The van der Waals surface area contributed by atoms with Gasteiger partial charge >= 0.3 is 13.0 Å². The first-order valence-electron chi connectivity index (χ1n) is 7.92. The Morgan fingerprint density at radius 2 is 1.71 bits per heavy atom. The fourth-order valence-electron chi connectivity index (χ4n) is 2.25. The van der Waals surface area contributed by atoms with Crippen molar-refractivity contribution >= 4 is 24.6 Å². The highest BCUT2D eigenvalue weighted by Gasteiger charge is 2.43. The van der Waals surface area contributed by atoms with Gasteiger partial charge in [-0.05, 0) is 48.9 Å². The SMILES string of the molecule is Cc1cc(NC(=O)c2ccc(F)c(C(F)(F)C(=O)NCB(O)O)c2)ccc1F. The number of aryl methyl sites for hydroxylation is 1. The van der Waals surface area contributed by atoms with E-state index in [9.17, 15) is 27.2 Å². The van der Waals surface area contributed by atoms with Crippen molar-refractivity contribution in [3.05, 3.63) is 64.7 Å². The van der Waals surface area contributed by atoms with E-state index >= 15 is 0 Å². The van der Waals surface area contributed by atoms with E-state index in [1.165, 1.54) is 19.1 Å². The Balaban J connectivity index is 2.27. The summed E-state index contributed by atoms with van der Waals surface area (Å²) in [6.45, 7) is 1.46. The number of alkyl halides is 2. The Kier molecular flexibility index (Phi) is 6.42. The van der Waals surface area contributed by atoms with Crippen molar-refractivity contribution in [3.8, 4) is 0 Å². The summed E-state index contributed by atoms with van der Waals surface area (Å²) >= 11 is 0. The number of halogens is 4. The van der Waals surface area contributed by atoms with Gasteiger partial charge in [0.2, 0.25) is 0 Å². The topological polar surface area (TPSA) is 98.7 Å². The van der Waals surface area contributed by atoms with Crippen molar-refractivity contribution < 1.29 is 37.2 Å². The van der Waals surface area contributed by atoms with Crippen LogP contribution in [0, 0.1) is 18.6 Å². The summed E-state index contributed by atoms with van der Waals surface area (Å²) in [7, 11) is -2.07. The van der Waals surface area contributed by atoms with Gasteiger partial charge in [-0.1, -0.05) is 0 Å². The summed E-state index contributed by atoms with van der Waals surface area (Å²) in [5, 5.41) is 21.2. The number of rotatable bonds is 6. The molecule has 2 amide bonds. The maximum absolute atomic E-state index is 14.2. The molecule has 0 aliphatic heterocycles. The summed E-state index contributed by atoms with van der Waals surface area (Å²) < 4.78 is 55.6. The fraction of sp³-hybridized carbons (Fsp3) is 0.176. The number of benzene rings is 2. The van der Waals surface area contributed by atoms with Crippen LogP contribution in [-0.2, 0) is 10.7 Å². The molecule has 2 aromatic carbocycles. The molecule has 0 aromatic heterocycles. The molecule has 0 atom stereocenters. The molecule has 0 aliphatic carbocycles. The largest absolute Gasteiger partial charge is 0.472 e. The minimum absolute atomic E-state index is 0.191. The van der Waals surface area contributed by atoms with Crippen LogP contribution < -0.4 is 10.6 Å². The number of carbonyl (C=O) groups is 2. The maximum atomic E-state index is 14.2. The van der Waals surface area contributed by atoms with Gasteiger partial charge in [-0.2, -0.15) is 8.78 Å². The van der Waals surface area contributed by atoms with Crippen LogP contribution in [0.25, 0.3) is 0 Å². The molecule has 28 heavy (non-hydrogen) atoms. The average Bonchev–Trinajstić information content (AvgIpc) is 2.62. The predicted octanol–water partition coefficient (Wildman–Crippen LogP) is 1.75. The van der Waals surface area contributed by atoms with Crippen molar-refractivity contribution in [1.29, 1.82) is 0 Å². The summed E-state index contributed by atoms with van der Waals surface area (Å²) in [5.74, 6) is -9.15. The zero-order chi connectivity index (χ0) is 21.1. The monoisotopic (exact) mass is 398 g/mol. The number of anilines is 1. The normalized spacial score (nSPS) is 11.1. The van der Waals surface area contributed by atoms with Crippen LogP contribution in [0.3, 0.4) is 0 Å². The molecule has 0 saturated carbocycles. The van der Waals surface area contributed by atoms with E-state index in [1.54, 1.807) is 5.32 Å². The van der Waals surface area contributed by atoms with E-state index in [0.29, 0.717) is 12.1 Å². The van der Waals surface area contributed by atoms with Crippen LogP contribution in [0.5, 0.6) is 0 Å². The van der Waals surface area contributed by atoms with Crippen molar-refractivity contribution in [3.63, 3.8) is 0 Å². The average molecular weight is 398 g/mol. The summed E-state index contributed by atoms with van der Waals surface area (Å²) in [6.07, 6.45) is -0.889. The Hall–Kier alpha value is -2.92. The molecular weight excluding hydrogens is 383 g/mol. The molecule has 0 fully saturated rings. The zero-order valence-electron chi connectivity index (χ0n) is 14.5. The first kappa shape index (κ1) is 21.4. The number of hydrogen-bond acceptors (Lipinski definition) is 4. The Morgan fingerprint density at radius 1 is 1.07 bits per heavy atom. The Morgan fingerprint density at radius 3 is 2.32 bits per heavy atom. The van der Waals surface area contributed by atoms with Crippen LogP contribution in [0.1, 0.15) is 21.5 Å². The van der Waals surface area contributed by atoms with Gasteiger partial charge in [0, 0.05) is 11.3 Å². The Bertz CT molecular complexity index is 909. The molecule has 4 N–H and O–H groups in total. The van der Waals surface area contributed by atoms with Gasteiger partial charge in [-0.15, -0.1) is 0 Å². The number of hydrogen-bond donors (Lipinski definition) is 4. The van der Waals surface area contributed by atoms with Gasteiger partial charge in [0.1, 0.15) is 11.6 Å². The lowest BCUT2D eigenvalue weighted by Gasteiger charge is -2.18. The lowest BCUT2D eigenvalue weighted by Crippen LogP contribution is -2.43. The molecule has 0 radical (unpaired) electrons. The van der Waals surface area contributed by atoms with Crippen molar-refractivity contribution in [2.24, 2.45) is 0 Å². The zero-order valence-corrected chi connectivity index (χ0v) is 14.5. The molecule has 0 unspecified atom stereocenters. The third-order valence-corrected chi connectivity index (χ3v) is 3.71. The highest BCUT2D eigenvalue weighted by Crippen LogP contribution is 2.31. The van der Waals surface area contributed by atoms with Crippen LogP contribution in [-0.4, -0.2) is 35.4 Å². The van der Waals surface area contributed by atoms with Crippen LogP contribution in [0.15, 0.2) is 36.4 Å². The fourth-order valence-corrected chi connectivity index (χ4v) is 2.25. The smallest absolute Gasteiger partial charge is 0.426 e. The molecule has 148 valence electrons. The van der Waals surface area contributed by atoms with Gasteiger partial charge in [0.15, 0.2) is 0 Å². The second kappa shape index (κ2) is 8.40. The minimum atomic E-state index is -4.37. The first-order valence-corrected chi connectivity index (χ1v) is 7.92. The predicted molar refractivity (Wildman–Crippen MR) is 92.6 cm³/mol. The van der Waals surface area contributed by atoms with E-state index in [-0.39, 0.29) is 16.8 Å². The highest BCUT2D eigenvalue weighted by atomic mass is 19.3. The molecule has 11 heteroatoms. The second-order valence-electron chi connectivity index (χ2n) is 5.88. The molecule has 0 spiro atoms. The van der Waals surface area contributed by atoms with Gasteiger partial charge in [0.25, 0.3) is 11.8 Å². The third-order valence-electron chi connectivity index (χ3n) is 3.71. The summed E-state index contributed by atoms with van der Waals surface area (Å²) in [4.78, 5) is 23.8. The summed E-state index contributed by atoms with van der Waals surface area (Å²) in [5.41, 5.74) is -1.29. The highest BCUT2D eigenvalue weighted by molar-refractivity contribution is 6.41. The third kappa shape index (κ3) is 4.87. The first-order chi connectivity index (χ1) is 13.0. The van der Waals surface area contributed by atoms with Crippen LogP contribution in [0.4, 0.5) is 23.2 Å². The number of amides is 2. The second-order valence-corrected chi connectivity index (χ2v) is 5.88. The van der Waals surface area contributed by atoms with E-state index in [0.717, 1.165) is 12.1 Å². The van der Waals surface area contributed by atoms with Gasteiger partial charge < -0.3 is 20.7 Å². The van der Waals surface area contributed by atoms with Crippen LogP contribution >= 0.6 is 0 Å². The van der Waals surface area contributed by atoms with Crippen LogP contribution in [0.2, 0.25) is 0 Å². The lowest BCUT2D eigenvalue weighted by molar-refractivity contribution is -0.147. The quantitative estimate of drug-likeness (QED) is 0.440. The summed E-state index contributed by atoms with van der Waals surface area (Å²) in [6, 6.07) is 5.73. The number of nitrogens with one attached hydrogen (secondary N) is 2. The van der Waals surface area contributed by atoms with E-state index < -0.39 is 48.5 Å². The van der Waals surface area contributed by atoms with Crippen molar-refractivity contribution in [1.82, 2.24) is 5.32 Å². The van der Waals surface area contributed by atoms with Gasteiger partial charge in [-0.25, -0.2) is 8.78 Å². The molecule has 0 bridgehead atoms. The standard InChI is InChI=1S/C17H15BF4N2O4/c1-9-6-11(3-5-13(9)19)24-15(25)10-2-4-14(20)12(7-10)17(21,22)16(26)23-8-18(27)28/h2-7,27-28H,8H2,1H3,(H,23,26)(H,24,25). The lowest BCUT2D eigenvalue weighted by atomic mass is 9.92. The van der Waals surface area contributed by atoms with Crippen molar-refractivity contribution in [2.75, 3.05) is 11.8 Å². The van der Waals surface area contributed by atoms with E-state index in [4.69, 9.17) is 10.0 Å². The number of carbonyl (C=O) groups excluding carboxylic acids is 2. The Labute approximate surface area is 157 Å². The molecule has 0 saturated heterocycles. The van der Waals surface area contributed by atoms with Crippen molar-refractivity contribution in [2.45, 2.75) is 12.8 Å². The minimum Gasteiger partial charge on any atom is -0.426 e. The molecule has 2 aromatic rings. The molecule has 0 heterocycles.